The van der Waals surface area contributed by atoms with Crippen LogP contribution in [0.5, 0.6) is 0 Å². The van der Waals surface area contributed by atoms with Crippen molar-refractivity contribution in [3.8, 4) is 0 Å². The molecular formula is C7H12N4O2. The number of nitrogens with one attached hydrogen (secondary N) is 2. The van der Waals surface area contributed by atoms with E-state index in [2.05, 4.69) is 15.5 Å². The fourth-order valence-corrected chi connectivity index (χ4v) is 0.789. The summed E-state index contributed by atoms with van der Waals surface area (Å²) < 4.78 is 0. The summed E-state index contributed by atoms with van der Waals surface area (Å²) in [4.78, 5) is 11.2. The molecule has 0 fully saturated rings. The smallest absolute Gasteiger partial charge is 0.269 e. The topological polar surface area (TPSA) is 104 Å². The number of nitrogens with zero attached hydrogens (tertiary/aromatic N) is 1. The van der Waals surface area contributed by atoms with Gasteiger partial charge in [0.25, 0.3) is 5.91 Å². The van der Waals surface area contributed by atoms with E-state index >= 15 is 0 Å². The van der Waals surface area contributed by atoms with Crippen LogP contribution >= 0.6 is 0 Å². The maximum Gasteiger partial charge on any atom is 0.269 e. The van der Waals surface area contributed by atoms with Gasteiger partial charge in [0.2, 0.25) is 0 Å². The van der Waals surface area contributed by atoms with Crippen molar-refractivity contribution in [2.75, 3.05) is 12.3 Å². The summed E-state index contributed by atoms with van der Waals surface area (Å²) in [5, 5.41) is 17.4. The Bertz CT molecular complexity index is 294. The molecule has 0 saturated heterocycles. The van der Waals surface area contributed by atoms with E-state index in [0.29, 0.717) is 0 Å². The molecule has 72 valence electrons. The van der Waals surface area contributed by atoms with Gasteiger partial charge in [-0.25, -0.2) is 0 Å². The van der Waals surface area contributed by atoms with Gasteiger partial charge in [0.15, 0.2) is 0 Å². The maximum absolute atomic E-state index is 11.2. The number of aromatic nitrogens is 2. The number of carbonyl (C=O) groups excluding carboxylic acids is 1. The lowest BCUT2D eigenvalue weighted by Gasteiger charge is -2.04. The van der Waals surface area contributed by atoms with E-state index < -0.39 is 6.10 Å². The number of H-pyrrole nitrogens is 1. The highest BCUT2D eigenvalue weighted by atomic mass is 16.3. The molecule has 1 aromatic heterocycles. The monoisotopic (exact) mass is 184 g/mol. The molecule has 1 amide bonds. The van der Waals surface area contributed by atoms with E-state index in [1.807, 2.05) is 0 Å². The van der Waals surface area contributed by atoms with Crippen molar-refractivity contribution in [2.45, 2.75) is 13.0 Å². The van der Waals surface area contributed by atoms with Crippen LogP contribution in [-0.2, 0) is 0 Å². The zero-order valence-electron chi connectivity index (χ0n) is 7.24. The first-order valence-electron chi connectivity index (χ1n) is 3.86. The number of amides is 1. The number of hydrogen-bond donors (Lipinski definition) is 4. The van der Waals surface area contributed by atoms with Gasteiger partial charge in [-0.05, 0) is 6.92 Å². The molecule has 1 atom stereocenters. The maximum atomic E-state index is 11.2. The quantitative estimate of drug-likeness (QED) is 0.488. The van der Waals surface area contributed by atoms with Gasteiger partial charge in [0.1, 0.15) is 11.5 Å². The fourth-order valence-electron chi connectivity index (χ4n) is 0.789. The summed E-state index contributed by atoms with van der Waals surface area (Å²) in [6.07, 6.45) is -0.566. The predicted octanol–water partition coefficient (Wildman–Crippen LogP) is -0.897. The highest BCUT2D eigenvalue weighted by Crippen LogP contribution is 1.99. The molecule has 5 N–H and O–H groups in total. The lowest BCUT2D eigenvalue weighted by atomic mass is 10.3. The van der Waals surface area contributed by atoms with E-state index in [1.54, 1.807) is 6.92 Å². The molecule has 0 aliphatic carbocycles. The van der Waals surface area contributed by atoms with Gasteiger partial charge in [-0.2, -0.15) is 5.10 Å². The zero-order valence-corrected chi connectivity index (χ0v) is 7.24. The highest BCUT2D eigenvalue weighted by molar-refractivity contribution is 5.92. The number of nitrogens with two attached hydrogens (primary N) is 1. The molecule has 0 radical (unpaired) electrons. The minimum Gasteiger partial charge on any atom is -0.392 e. The number of nitrogen functional groups attached to an aromatic ring is 1. The summed E-state index contributed by atoms with van der Waals surface area (Å²) in [6.45, 7) is 1.79. The lowest BCUT2D eigenvalue weighted by molar-refractivity contribution is 0.0919. The van der Waals surface area contributed by atoms with E-state index in [0.717, 1.165) is 0 Å². The predicted molar refractivity (Wildman–Crippen MR) is 47.0 cm³/mol. The second kappa shape index (κ2) is 3.90. The normalized spacial score (nSPS) is 12.5. The second-order valence-corrected chi connectivity index (χ2v) is 2.77. The van der Waals surface area contributed by atoms with Crippen molar-refractivity contribution >= 4 is 11.7 Å². The Morgan fingerprint density at radius 2 is 2.62 bits per heavy atom. The zero-order chi connectivity index (χ0) is 9.84. The Balaban J connectivity index is 2.49. The standard InChI is InChI=1S/C7H12N4O2/c1-4(12)3-9-7(13)5-2-6(8)11-10-5/h2,4,12H,3H2,1H3,(H,9,13)(H3,8,10,11). The van der Waals surface area contributed by atoms with Crippen molar-refractivity contribution in [2.24, 2.45) is 0 Å². The van der Waals surface area contributed by atoms with Gasteiger partial charge in [-0.15, -0.1) is 0 Å². The Kier molecular flexibility index (Phi) is 2.86. The summed E-state index contributed by atoms with van der Waals surface area (Å²) in [7, 11) is 0. The van der Waals surface area contributed by atoms with Crippen LogP contribution in [0.2, 0.25) is 0 Å². The molecule has 0 bridgehead atoms. The first-order valence-corrected chi connectivity index (χ1v) is 3.86. The van der Waals surface area contributed by atoms with Gasteiger partial charge in [-0.3, -0.25) is 9.89 Å². The van der Waals surface area contributed by atoms with Crippen LogP contribution in [0.4, 0.5) is 5.82 Å². The minimum atomic E-state index is -0.566. The van der Waals surface area contributed by atoms with Crippen molar-refractivity contribution in [1.29, 1.82) is 0 Å². The van der Waals surface area contributed by atoms with Crippen LogP contribution < -0.4 is 11.1 Å². The van der Waals surface area contributed by atoms with Crippen LogP contribution in [0.15, 0.2) is 6.07 Å². The van der Waals surface area contributed by atoms with Crippen LogP contribution in [0.1, 0.15) is 17.4 Å². The number of aliphatic hydroxyl groups is 1. The molecular weight excluding hydrogens is 172 g/mol. The Labute approximate surface area is 75.1 Å². The van der Waals surface area contributed by atoms with Gasteiger partial charge in [0, 0.05) is 12.6 Å². The molecule has 0 spiro atoms. The molecule has 1 unspecified atom stereocenters. The Morgan fingerprint density at radius 1 is 1.92 bits per heavy atom. The number of aliphatic hydroxyl groups excluding tert-OH is 1. The number of rotatable bonds is 3. The van der Waals surface area contributed by atoms with Gasteiger partial charge in [-0.1, -0.05) is 0 Å². The lowest BCUT2D eigenvalue weighted by Crippen LogP contribution is -2.30. The molecule has 0 aliphatic rings. The molecule has 1 rings (SSSR count). The van der Waals surface area contributed by atoms with Gasteiger partial charge in [0.05, 0.1) is 6.10 Å². The minimum absolute atomic E-state index is 0.206. The number of hydrogen-bond acceptors (Lipinski definition) is 4. The summed E-state index contributed by atoms with van der Waals surface area (Å²) >= 11 is 0. The fraction of sp³-hybridized carbons (Fsp3) is 0.429. The summed E-state index contributed by atoms with van der Waals surface area (Å²) in [6, 6.07) is 1.43. The summed E-state index contributed by atoms with van der Waals surface area (Å²) in [5.41, 5.74) is 5.59. The van der Waals surface area contributed by atoms with Crippen LogP contribution in [0.3, 0.4) is 0 Å². The summed E-state index contributed by atoms with van der Waals surface area (Å²) in [5.74, 6) is -0.0627. The van der Waals surface area contributed by atoms with E-state index in [4.69, 9.17) is 10.8 Å². The van der Waals surface area contributed by atoms with Crippen molar-refractivity contribution in [3.05, 3.63) is 11.8 Å². The van der Waals surface area contributed by atoms with Crippen LogP contribution in [-0.4, -0.2) is 33.9 Å². The largest absolute Gasteiger partial charge is 0.392 e. The molecule has 6 heteroatoms. The molecule has 0 aliphatic heterocycles. The van der Waals surface area contributed by atoms with Gasteiger partial charge >= 0.3 is 0 Å². The Morgan fingerprint density at radius 3 is 3.08 bits per heavy atom. The first-order chi connectivity index (χ1) is 6.09. The number of anilines is 1. The highest BCUT2D eigenvalue weighted by Gasteiger charge is 2.08. The van der Waals surface area contributed by atoms with E-state index in [1.165, 1.54) is 6.07 Å². The van der Waals surface area contributed by atoms with E-state index in [9.17, 15) is 4.79 Å². The third kappa shape index (κ3) is 2.75. The third-order valence-corrected chi connectivity index (χ3v) is 1.40. The van der Waals surface area contributed by atoms with Gasteiger partial charge < -0.3 is 16.2 Å². The first kappa shape index (κ1) is 9.53. The average Bonchev–Trinajstić information content (AvgIpc) is 2.47. The number of aromatic amines is 1. The molecule has 13 heavy (non-hydrogen) atoms. The average molecular weight is 184 g/mol. The Hall–Kier alpha value is -1.56. The molecule has 1 aromatic rings. The van der Waals surface area contributed by atoms with Crippen LogP contribution in [0, 0.1) is 0 Å². The second-order valence-electron chi connectivity index (χ2n) is 2.77. The molecule has 0 aromatic carbocycles. The molecule has 1 heterocycles. The molecule has 0 saturated carbocycles. The third-order valence-electron chi connectivity index (χ3n) is 1.40. The molecule has 6 nitrogen and oxygen atoms in total. The van der Waals surface area contributed by atoms with E-state index in [-0.39, 0.29) is 24.0 Å². The van der Waals surface area contributed by atoms with Crippen molar-refractivity contribution < 1.29 is 9.90 Å². The van der Waals surface area contributed by atoms with Crippen molar-refractivity contribution in [1.82, 2.24) is 15.5 Å². The SMILES string of the molecule is CC(O)CNC(=O)c1cc(N)n[nH]1. The van der Waals surface area contributed by atoms with Crippen molar-refractivity contribution in [3.63, 3.8) is 0 Å². The van der Waals surface area contributed by atoms with Crippen LogP contribution in [0.25, 0.3) is 0 Å². The number of carbonyl (C=O) groups is 1.